The van der Waals surface area contributed by atoms with Crippen molar-refractivity contribution in [2.45, 2.75) is 25.3 Å². The number of aromatic nitrogens is 2. The third-order valence-electron chi connectivity index (χ3n) is 5.08. The maximum absolute atomic E-state index is 13.0. The Hall–Kier alpha value is -3.33. The molecule has 2 aromatic carbocycles. The Kier molecular flexibility index (Phi) is 6.51. The Morgan fingerprint density at radius 3 is 2.65 bits per heavy atom. The van der Waals surface area contributed by atoms with Gasteiger partial charge < -0.3 is 15.5 Å². The van der Waals surface area contributed by atoms with Crippen LogP contribution in [-0.2, 0) is 6.54 Å². The predicted molar refractivity (Wildman–Crippen MR) is 116 cm³/mol. The molecular formula is C22H22FN5O2S. The monoisotopic (exact) mass is 439 g/mol. The van der Waals surface area contributed by atoms with Crippen molar-refractivity contribution in [3.8, 4) is 0 Å². The van der Waals surface area contributed by atoms with Gasteiger partial charge in [0.2, 0.25) is 5.01 Å². The second-order valence-electron chi connectivity index (χ2n) is 7.34. The molecule has 160 valence electrons. The lowest BCUT2D eigenvalue weighted by Gasteiger charge is -2.31. The molecule has 1 atom stereocenters. The van der Waals surface area contributed by atoms with Gasteiger partial charge in [0.15, 0.2) is 0 Å². The Morgan fingerprint density at radius 2 is 1.87 bits per heavy atom. The van der Waals surface area contributed by atoms with Gasteiger partial charge in [0.1, 0.15) is 10.8 Å². The van der Waals surface area contributed by atoms with Crippen LogP contribution in [0.5, 0.6) is 0 Å². The fourth-order valence-electron chi connectivity index (χ4n) is 3.46. The summed E-state index contributed by atoms with van der Waals surface area (Å²) in [4.78, 5) is 26.8. The van der Waals surface area contributed by atoms with E-state index in [0.717, 1.165) is 23.4 Å². The molecule has 0 bridgehead atoms. The number of rotatable bonds is 5. The molecule has 3 aromatic rings. The zero-order chi connectivity index (χ0) is 21.6. The zero-order valence-electron chi connectivity index (χ0n) is 16.8. The number of carbonyl (C=O) groups excluding carboxylic acids is 2. The van der Waals surface area contributed by atoms with Gasteiger partial charge >= 0.3 is 6.03 Å². The summed E-state index contributed by atoms with van der Waals surface area (Å²) in [5.74, 6) is -0.712. The summed E-state index contributed by atoms with van der Waals surface area (Å²) in [5, 5.41) is 14.8. The van der Waals surface area contributed by atoms with Gasteiger partial charge in [0.05, 0.1) is 0 Å². The number of amides is 3. The highest BCUT2D eigenvalue weighted by atomic mass is 32.1. The largest absolute Gasteiger partial charge is 0.334 e. The smallest absolute Gasteiger partial charge is 0.317 e. The minimum absolute atomic E-state index is 0.0427. The van der Waals surface area contributed by atoms with Crippen molar-refractivity contribution < 1.29 is 14.0 Å². The quantitative estimate of drug-likeness (QED) is 0.629. The van der Waals surface area contributed by atoms with Gasteiger partial charge in [-0.15, -0.1) is 10.2 Å². The Morgan fingerprint density at radius 1 is 1.10 bits per heavy atom. The molecule has 0 unspecified atom stereocenters. The summed E-state index contributed by atoms with van der Waals surface area (Å²) < 4.78 is 13.0. The fourth-order valence-corrected chi connectivity index (χ4v) is 4.32. The molecule has 2 heterocycles. The minimum atomic E-state index is -0.386. The Bertz CT molecular complexity index is 1040. The van der Waals surface area contributed by atoms with Gasteiger partial charge in [0, 0.05) is 31.2 Å². The van der Waals surface area contributed by atoms with Crippen molar-refractivity contribution in [3.05, 3.63) is 76.0 Å². The molecule has 1 aromatic heterocycles. The molecule has 1 saturated heterocycles. The van der Waals surface area contributed by atoms with E-state index in [1.165, 1.54) is 35.6 Å². The number of likely N-dealkylation sites (tertiary alicyclic amines) is 1. The zero-order valence-corrected chi connectivity index (χ0v) is 17.6. The van der Waals surface area contributed by atoms with E-state index in [-0.39, 0.29) is 28.7 Å². The third kappa shape index (κ3) is 5.43. The highest BCUT2D eigenvalue weighted by Crippen LogP contribution is 2.29. The van der Waals surface area contributed by atoms with Gasteiger partial charge in [-0.25, -0.2) is 9.18 Å². The van der Waals surface area contributed by atoms with E-state index in [1.807, 2.05) is 30.3 Å². The summed E-state index contributed by atoms with van der Waals surface area (Å²) >= 11 is 1.23. The molecule has 31 heavy (non-hydrogen) atoms. The highest BCUT2D eigenvalue weighted by Gasteiger charge is 2.28. The lowest BCUT2D eigenvalue weighted by molar-refractivity contribution is 0.102. The maximum atomic E-state index is 13.0. The van der Waals surface area contributed by atoms with Crippen LogP contribution >= 0.6 is 11.3 Å². The summed E-state index contributed by atoms with van der Waals surface area (Å²) in [6, 6.07) is 15.2. The average molecular weight is 440 g/mol. The lowest BCUT2D eigenvalue weighted by Crippen LogP contribution is -2.44. The second-order valence-corrected chi connectivity index (χ2v) is 8.35. The molecule has 0 spiro atoms. The molecule has 4 rings (SSSR count). The van der Waals surface area contributed by atoms with Crippen molar-refractivity contribution in [2.75, 3.05) is 18.4 Å². The van der Waals surface area contributed by atoms with E-state index < -0.39 is 0 Å². The first-order valence-electron chi connectivity index (χ1n) is 10.1. The van der Waals surface area contributed by atoms with Crippen molar-refractivity contribution in [1.29, 1.82) is 0 Å². The Balaban J connectivity index is 1.34. The average Bonchev–Trinajstić information content (AvgIpc) is 3.30. The summed E-state index contributed by atoms with van der Waals surface area (Å²) in [6.07, 6.45) is 1.75. The van der Waals surface area contributed by atoms with Crippen molar-refractivity contribution >= 4 is 29.0 Å². The number of carbonyl (C=O) groups is 2. The van der Waals surface area contributed by atoms with E-state index in [2.05, 4.69) is 20.8 Å². The Labute approximate surface area is 183 Å². The number of urea groups is 1. The van der Waals surface area contributed by atoms with Crippen LogP contribution in [0.1, 0.15) is 39.1 Å². The molecule has 3 amide bonds. The first-order chi connectivity index (χ1) is 15.1. The van der Waals surface area contributed by atoms with Crippen LogP contribution in [0.15, 0.2) is 54.6 Å². The molecule has 1 aliphatic rings. The third-order valence-corrected chi connectivity index (χ3v) is 6.17. The number of nitrogens with zero attached hydrogens (tertiary/aromatic N) is 3. The number of nitrogens with one attached hydrogen (secondary N) is 2. The maximum Gasteiger partial charge on any atom is 0.317 e. The van der Waals surface area contributed by atoms with E-state index in [1.54, 1.807) is 4.90 Å². The van der Waals surface area contributed by atoms with E-state index in [4.69, 9.17) is 0 Å². The summed E-state index contributed by atoms with van der Waals surface area (Å²) in [7, 11) is 0. The topological polar surface area (TPSA) is 87.2 Å². The predicted octanol–water partition coefficient (Wildman–Crippen LogP) is 4.02. The highest BCUT2D eigenvalue weighted by molar-refractivity contribution is 7.13. The van der Waals surface area contributed by atoms with Crippen LogP contribution < -0.4 is 10.6 Å². The molecule has 2 N–H and O–H groups in total. The van der Waals surface area contributed by atoms with E-state index in [0.29, 0.717) is 25.3 Å². The number of hydrogen-bond acceptors (Lipinski definition) is 5. The van der Waals surface area contributed by atoms with Crippen molar-refractivity contribution in [1.82, 2.24) is 20.4 Å². The molecule has 1 aliphatic heterocycles. The second kappa shape index (κ2) is 9.65. The van der Waals surface area contributed by atoms with Crippen LogP contribution in [0.2, 0.25) is 0 Å². The SMILES string of the molecule is O=C(Nc1ccc(F)cc1)c1nnc([C@H]2CCCN(C(=O)NCc3ccccc3)C2)s1. The van der Waals surface area contributed by atoms with Gasteiger partial charge in [-0.2, -0.15) is 0 Å². The summed E-state index contributed by atoms with van der Waals surface area (Å²) in [5.41, 5.74) is 1.53. The molecule has 0 aliphatic carbocycles. The normalized spacial score (nSPS) is 16.0. The van der Waals surface area contributed by atoms with Crippen LogP contribution in [-0.4, -0.2) is 40.1 Å². The van der Waals surface area contributed by atoms with Crippen LogP contribution in [0.4, 0.5) is 14.9 Å². The lowest BCUT2D eigenvalue weighted by atomic mass is 9.99. The van der Waals surface area contributed by atoms with Gasteiger partial charge in [0.25, 0.3) is 5.91 Å². The van der Waals surface area contributed by atoms with Crippen molar-refractivity contribution in [3.63, 3.8) is 0 Å². The molecule has 7 nitrogen and oxygen atoms in total. The van der Waals surface area contributed by atoms with Crippen molar-refractivity contribution in [2.24, 2.45) is 0 Å². The van der Waals surface area contributed by atoms with Gasteiger partial charge in [-0.05, 0) is 42.7 Å². The standard InChI is InChI=1S/C22H22FN5O2S/c23-17-8-10-18(11-9-17)25-19(29)21-27-26-20(31-21)16-7-4-12-28(14-16)22(30)24-13-15-5-2-1-3-6-15/h1-3,5-6,8-11,16H,4,7,12-14H2,(H,24,30)(H,25,29)/t16-/m0/s1. The molecule has 0 radical (unpaired) electrons. The van der Waals surface area contributed by atoms with Crippen LogP contribution in [0.3, 0.4) is 0 Å². The van der Waals surface area contributed by atoms with Gasteiger partial charge in [-0.1, -0.05) is 41.7 Å². The number of hydrogen-bond donors (Lipinski definition) is 2. The number of halogens is 1. The fraction of sp³-hybridized carbons (Fsp3) is 0.273. The summed E-state index contributed by atoms with van der Waals surface area (Å²) in [6.45, 7) is 1.70. The number of piperidine rings is 1. The van der Waals surface area contributed by atoms with E-state index in [9.17, 15) is 14.0 Å². The van der Waals surface area contributed by atoms with Crippen LogP contribution in [0.25, 0.3) is 0 Å². The molecule has 1 fully saturated rings. The molecule has 0 saturated carbocycles. The first kappa shape index (κ1) is 20.9. The van der Waals surface area contributed by atoms with Crippen LogP contribution in [0, 0.1) is 5.82 Å². The molecule has 9 heteroatoms. The van der Waals surface area contributed by atoms with Gasteiger partial charge in [-0.3, -0.25) is 4.79 Å². The minimum Gasteiger partial charge on any atom is -0.334 e. The first-order valence-corrected chi connectivity index (χ1v) is 10.9. The molecular weight excluding hydrogens is 417 g/mol. The van der Waals surface area contributed by atoms with E-state index >= 15 is 0 Å². The number of benzene rings is 2. The number of anilines is 1.